The van der Waals surface area contributed by atoms with E-state index < -0.39 is 15.8 Å². The van der Waals surface area contributed by atoms with Gasteiger partial charge in [-0.3, -0.25) is 0 Å². The number of aryl methyl sites for hydroxylation is 2. The number of aromatic nitrogens is 2. The zero-order chi connectivity index (χ0) is 22.6. The van der Waals surface area contributed by atoms with Gasteiger partial charge in [-0.15, -0.1) is 0 Å². The molecular weight excluding hydrogens is 423 g/mol. The highest BCUT2D eigenvalue weighted by Gasteiger charge is 2.12. The summed E-state index contributed by atoms with van der Waals surface area (Å²) >= 11 is 0. The number of nitrogens with one attached hydrogen (secondary N) is 2. The van der Waals surface area contributed by atoms with Crippen LogP contribution in [0.3, 0.4) is 0 Å². The first-order chi connectivity index (χ1) is 14.7. The lowest BCUT2D eigenvalue weighted by Crippen LogP contribution is -2.12. The molecule has 160 valence electrons. The van der Waals surface area contributed by atoms with Crippen LogP contribution < -0.4 is 20.5 Å². The predicted octanol–water partition coefficient (Wildman–Crippen LogP) is 3.27. The van der Waals surface area contributed by atoms with Gasteiger partial charge in [0.05, 0.1) is 11.1 Å². The first kappa shape index (κ1) is 21.9. The number of benzene rings is 2. The SMILES string of the molecule is Cc1cc(Nc2nc(Nc3cccc(S(N)(=O)=O)c3)ncc2F)cc(C)c1OCC#N. The van der Waals surface area contributed by atoms with Crippen molar-refractivity contribution in [1.82, 2.24) is 9.97 Å². The van der Waals surface area contributed by atoms with E-state index in [2.05, 4.69) is 20.6 Å². The Morgan fingerprint density at radius 2 is 1.87 bits per heavy atom. The number of nitrogens with zero attached hydrogens (tertiary/aromatic N) is 3. The minimum atomic E-state index is -3.87. The molecule has 2 aromatic carbocycles. The smallest absolute Gasteiger partial charge is 0.238 e. The van der Waals surface area contributed by atoms with Gasteiger partial charge in [-0.05, 0) is 55.3 Å². The fourth-order valence-electron chi connectivity index (χ4n) is 2.89. The number of hydrogen-bond donors (Lipinski definition) is 3. The van der Waals surface area contributed by atoms with E-state index in [1.54, 1.807) is 18.2 Å². The molecule has 4 N–H and O–H groups in total. The molecule has 0 amide bonds. The van der Waals surface area contributed by atoms with E-state index in [-0.39, 0.29) is 23.3 Å². The van der Waals surface area contributed by atoms with Crippen LogP contribution >= 0.6 is 0 Å². The van der Waals surface area contributed by atoms with Gasteiger partial charge in [0, 0.05) is 11.4 Å². The molecule has 0 aliphatic rings. The highest BCUT2D eigenvalue weighted by molar-refractivity contribution is 7.89. The normalized spacial score (nSPS) is 10.9. The highest BCUT2D eigenvalue weighted by atomic mass is 32.2. The largest absolute Gasteiger partial charge is 0.478 e. The summed E-state index contributed by atoms with van der Waals surface area (Å²) < 4.78 is 42.7. The van der Waals surface area contributed by atoms with Gasteiger partial charge < -0.3 is 15.4 Å². The maximum Gasteiger partial charge on any atom is 0.238 e. The Morgan fingerprint density at radius 1 is 1.16 bits per heavy atom. The Kier molecular flexibility index (Phi) is 6.33. The second-order valence-corrected chi connectivity index (χ2v) is 8.16. The molecule has 1 aromatic heterocycles. The van der Waals surface area contributed by atoms with Crippen molar-refractivity contribution in [1.29, 1.82) is 5.26 Å². The molecular formula is C20H19FN6O3S. The van der Waals surface area contributed by atoms with E-state index >= 15 is 0 Å². The van der Waals surface area contributed by atoms with Crippen molar-refractivity contribution in [2.24, 2.45) is 5.14 Å². The Labute approximate surface area is 178 Å². The molecule has 0 atom stereocenters. The number of nitrogens with two attached hydrogens (primary N) is 1. The zero-order valence-corrected chi connectivity index (χ0v) is 17.5. The number of anilines is 4. The van der Waals surface area contributed by atoms with E-state index in [1.165, 1.54) is 18.2 Å². The second-order valence-electron chi connectivity index (χ2n) is 6.60. The van der Waals surface area contributed by atoms with Gasteiger partial charge in [0.2, 0.25) is 16.0 Å². The molecule has 0 radical (unpaired) electrons. The van der Waals surface area contributed by atoms with Crippen LogP contribution in [0.2, 0.25) is 0 Å². The minimum Gasteiger partial charge on any atom is -0.478 e. The Bertz CT molecular complexity index is 1250. The van der Waals surface area contributed by atoms with Crippen LogP contribution in [0.15, 0.2) is 47.5 Å². The highest BCUT2D eigenvalue weighted by Crippen LogP contribution is 2.29. The first-order valence-electron chi connectivity index (χ1n) is 8.98. The number of nitriles is 1. The molecule has 0 aliphatic carbocycles. The van der Waals surface area contributed by atoms with Gasteiger partial charge in [-0.2, -0.15) is 10.2 Å². The number of rotatable bonds is 7. The summed E-state index contributed by atoms with van der Waals surface area (Å²) in [6.07, 6.45) is 0.991. The van der Waals surface area contributed by atoms with Crippen molar-refractivity contribution in [2.45, 2.75) is 18.7 Å². The molecule has 3 aromatic rings. The van der Waals surface area contributed by atoms with Crippen molar-refractivity contribution in [3.8, 4) is 11.8 Å². The summed E-state index contributed by atoms with van der Waals surface area (Å²) in [6.45, 7) is 3.55. The second kappa shape index (κ2) is 8.95. The molecule has 0 spiro atoms. The fourth-order valence-corrected chi connectivity index (χ4v) is 3.45. The van der Waals surface area contributed by atoms with Crippen LogP contribution in [0, 0.1) is 31.0 Å². The molecule has 3 rings (SSSR count). The summed E-state index contributed by atoms with van der Waals surface area (Å²) in [7, 11) is -3.87. The molecule has 0 aliphatic heterocycles. The maximum absolute atomic E-state index is 14.3. The molecule has 31 heavy (non-hydrogen) atoms. The van der Waals surface area contributed by atoms with Crippen LogP contribution in [-0.2, 0) is 10.0 Å². The maximum atomic E-state index is 14.3. The van der Waals surface area contributed by atoms with E-state index in [1.807, 2.05) is 19.9 Å². The third kappa shape index (κ3) is 5.44. The number of halogens is 1. The van der Waals surface area contributed by atoms with Crippen molar-refractivity contribution >= 4 is 33.2 Å². The van der Waals surface area contributed by atoms with Crippen molar-refractivity contribution in [3.63, 3.8) is 0 Å². The first-order valence-corrected chi connectivity index (χ1v) is 10.5. The molecule has 1 heterocycles. The number of primary sulfonamides is 1. The standard InChI is InChI=1S/C20H19FN6O3S/c1-12-8-15(9-13(2)18(12)30-7-6-22)25-19-17(21)11-24-20(27-19)26-14-4-3-5-16(10-14)31(23,28)29/h3-5,8-11H,7H2,1-2H3,(H2,23,28,29)(H2,24,25,26,27). The lowest BCUT2D eigenvalue weighted by Gasteiger charge is -2.14. The van der Waals surface area contributed by atoms with Gasteiger partial charge in [0.15, 0.2) is 18.2 Å². The predicted molar refractivity (Wildman–Crippen MR) is 113 cm³/mol. The monoisotopic (exact) mass is 442 g/mol. The molecule has 9 nitrogen and oxygen atoms in total. The zero-order valence-electron chi connectivity index (χ0n) is 16.7. The van der Waals surface area contributed by atoms with E-state index in [0.717, 1.165) is 17.3 Å². The summed E-state index contributed by atoms with van der Waals surface area (Å²) in [6, 6.07) is 11.2. The van der Waals surface area contributed by atoms with E-state index in [4.69, 9.17) is 15.1 Å². The number of hydrogen-bond acceptors (Lipinski definition) is 8. The average Bonchev–Trinajstić information content (AvgIpc) is 2.69. The van der Waals surface area contributed by atoms with Crippen molar-refractivity contribution in [3.05, 3.63) is 59.5 Å². The molecule has 11 heteroatoms. The van der Waals surface area contributed by atoms with Gasteiger partial charge in [-0.25, -0.2) is 22.9 Å². The van der Waals surface area contributed by atoms with Crippen LogP contribution in [0.4, 0.5) is 27.5 Å². The third-order valence-corrected chi connectivity index (χ3v) is 5.08. The van der Waals surface area contributed by atoms with E-state index in [0.29, 0.717) is 17.1 Å². The summed E-state index contributed by atoms with van der Waals surface area (Å²) in [5, 5.41) is 19.6. The van der Waals surface area contributed by atoms with Crippen LogP contribution in [-0.4, -0.2) is 25.0 Å². The van der Waals surface area contributed by atoms with Crippen LogP contribution in [0.5, 0.6) is 5.75 Å². The summed E-state index contributed by atoms with van der Waals surface area (Å²) in [5.74, 6) is -0.112. The third-order valence-electron chi connectivity index (χ3n) is 4.17. The Hall–Kier alpha value is -3.75. The van der Waals surface area contributed by atoms with Gasteiger partial charge in [-0.1, -0.05) is 6.07 Å². The quantitative estimate of drug-likeness (QED) is 0.506. The topological polar surface area (TPSA) is 143 Å². The lowest BCUT2D eigenvalue weighted by molar-refractivity contribution is 0.363. The Morgan fingerprint density at radius 3 is 2.52 bits per heavy atom. The lowest BCUT2D eigenvalue weighted by atomic mass is 10.1. The molecule has 0 bridgehead atoms. The van der Waals surface area contributed by atoms with Gasteiger partial charge in [0.1, 0.15) is 11.8 Å². The minimum absolute atomic E-state index is 0.0536. The molecule has 0 saturated carbocycles. The molecule has 0 saturated heterocycles. The molecule has 0 unspecified atom stereocenters. The van der Waals surface area contributed by atoms with Gasteiger partial charge in [0.25, 0.3) is 0 Å². The molecule has 0 fully saturated rings. The average molecular weight is 442 g/mol. The Balaban J connectivity index is 1.85. The van der Waals surface area contributed by atoms with Crippen LogP contribution in [0.25, 0.3) is 0 Å². The van der Waals surface area contributed by atoms with Crippen LogP contribution in [0.1, 0.15) is 11.1 Å². The number of sulfonamides is 1. The fraction of sp³-hybridized carbons (Fsp3) is 0.150. The number of ether oxygens (including phenoxy) is 1. The van der Waals surface area contributed by atoms with Crippen molar-refractivity contribution < 1.29 is 17.5 Å². The van der Waals surface area contributed by atoms with Crippen molar-refractivity contribution in [2.75, 3.05) is 17.2 Å². The summed E-state index contributed by atoms with van der Waals surface area (Å²) in [5.41, 5.74) is 2.48. The van der Waals surface area contributed by atoms with E-state index in [9.17, 15) is 12.8 Å². The van der Waals surface area contributed by atoms with Gasteiger partial charge >= 0.3 is 0 Å². The summed E-state index contributed by atoms with van der Waals surface area (Å²) in [4.78, 5) is 7.92.